The number of benzene rings is 8. The number of hydrogen-bond donors (Lipinski definition) is 0. The van der Waals surface area contributed by atoms with Crippen LogP contribution in [0.5, 0.6) is 0 Å². The molecule has 8 aromatic carbocycles. The third-order valence-electron chi connectivity index (χ3n) is 10.6. The largest absolute Gasteiger partial charge is 0.276 e. The summed E-state index contributed by atoms with van der Waals surface area (Å²) in [7, 11) is 0. The lowest BCUT2D eigenvalue weighted by atomic mass is 9.93. The predicted molar refractivity (Wildman–Crippen MR) is 220 cm³/mol. The van der Waals surface area contributed by atoms with Crippen LogP contribution in [0.3, 0.4) is 0 Å². The molecule has 0 aliphatic carbocycles. The number of rotatable bonds is 2. The van der Waals surface area contributed by atoms with E-state index >= 15 is 0 Å². The molecule has 0 aliphatic rings. The van der Waals surface area contributed by atoms with Gasteiger partial charge < -0.3 is 0 Å². The minimum absolute atomic E-state index is 0.686. The fourth-order valence-electron chi connectivity index (χ4n) is 8.40. The zero-order chi connectivity index (χ0) is 33.2. The topological polar surface area (TPSA) is 30.7 Å². The van der Waals surface area contributed by atoms with E-state index in [1.165, 1.54) is 72.7 Å². The zero-order valence-electron chi connectivity index (χ0n) is 27.1. The molecular weight excluding hydrogens is 659 g/mol. The summed E-state index contributed by atoms with van der Waals surface area (Å²) in [5.41, 5.74) is 5.22. The number of thiophene rings is 2. The van der Waals surface area contributed by atoms with Crippen molar-refractivity contribution < 1.29 is 0 Å². The Bertz CT molecular complexity index is 3420. The van der Waals surface area contributed by atoms with E-state index < -0.39 is 0 Å². The average molecular weight is 684 g/mol. The van der Waals surface area contributed by atoms with Crippen molar-refractivity contribution >= 4 is 117 Å². The number of fused-ring (bicyclic) bond motifs is 16. The van der Waals surface area contributed by atoms with E-state index in [9.17, 15) is 0 Å². The molecule has 51 heavy (non-hydrogen) atoms. The summed E-state index contributed by atoms with van der Waals surface area (Å²) < 4.78 is 6.31. The van der Waals surface area contributed by atoms with Crippen molar-refractivity contribution in [2.24, 2.45) is 0 Å². The van der Waals surface area contributed by atoms with Crippen LogP contribution < -0.4 is 0 Å². The molecule has 3 nitrogen and oxygen atoms in total. The standard InChI is InChI=1S/C46H25N3S2/c1-2-12-26(13-3-1)42-32-18-8-10-20-38(32)47-46(48-42)49-39-25-36-30-17-7-5-15-28(30)27-14-4-6-16-29(27)35(36)24-37(39)31-22-23-34-41-33-19-9-11-21-40(33)50-45(41)51-44(34)43(31)49/h1-25H. The number of aromatic nitrogens is 3. The fraction of sp³-hybridized carbons (Fsp3) is 0. The third kappa shape index (κ3) is 3.77. The Labute approximate surface area is 299 Å². The highest BCUT2D eigenvalue weighted by atomic mass is 32.2. The van der Waals surface area contributed by atoms with E-state index in [1.807, 2.05) is 22.7 Å². The minimum atomic E-state index is 0.686. The van der Waals surface area contributed by atoms with Gasteiger partial charge in [0.25, 0.3) is 0 Å². The lowest BCUT2D eigenvalue weighted by molar-refractivity contribution is 1.02. The van der Waals surface area contributed by atoms with Crippen molar-refractivity contribution in [3.8, 4) is 17.2 Å². The Hall–Kier alpha value is -6.14. The highest BCUT2D eigenvalue weighted by Crippen LogP contribution is 2.49. The Balaban J connectivity index is 1.31. The summed E-state index contributed by atoms with van der Waals surface area (Å²) in [6, 6.07) is 54.9. The molecule has 0 unspecified atom stereocenters. The van der Waals surface area contributed by atoms with Gasteiger partial charge in [0.05, 0.1) is 31.0 Å². The highest BCUT2D eigenvalue weighted by molar-refractivity contribution is 7.45. The van der Waals surface area contributed by atoms with Crippen molar-refractivity contribution in [2.45, 2.75) is 0 Å². The lowest BCUT2D eigenvalue weighted by Crippen LogP contribution is -2.03. The average Bonchev–Trinajstić information content (AvgIpc) is 3.85. The fourth-order valence-corrected chi connectivity index (χ4v) is 11.1. The van der Waals surface area contributed by atoms with Crippen LogP contribution in [0.25, 0.3) is 112 Å². The van der Waals surface area contributed by atoms with Gasteiger partial charge in [0, 0.05) is 42.6 Å². The van der Waals surface area contributed by atoms with Gasteiger partial charge in [-0.25, -0.2) is 9.97 Å². The number of para-hydroxylation sites is 1. The molecule has 12 aromatic rings. The van der Waals surface area contributed by atoms with E-state index in [1.54, 1.807) is 0 Å². The molecule has 236 valence electrons. The van der Waals surface area contributed by atoms with Crippen molar-refractivity contribution in [3.63, 3.8) is 0 Å². The molecule has 0 bridgehead atoms. The minimum Gasteiger partial charge on any atom is -0.276 e. The van der Waals surface area contributed by atoms with Crippen LogP contribution >= 0.6 is 22.7 Å². The molecule has 0 aliphatic heterocycles. The maximum absolute atomic E-state index is 5.46. The van der Waals surface area contributed by atoms with Crippen LogP contribution in [-0.2, 0) is 0 Å². The van der Waals surface area contributed by atoms with Gasteiger partial charge in [0.15, 0.2) is 0 Å². The van der Waals surface area contributed by atoms with Crippen LogP contribution in [0.1, 0.15) is 0 Å². The maximum Gasteiger partial charge on any atom is 0.235 e. The second-order valence-electron chi connectivity index (χ2n) is 13.3. The van der Waals surface area contributed by atoms with E-state index in [4.69, 9.17) is 9.97 Å². The molecule has 0 atom stereocenters. The van der Waals surface area contributed by atoms with E-state index in [-0.39, 0.29) is 0 Å². The third-order valence-corrected chi connectivity index (χ3v) is 13.1. The van der Waals surface area contributed by atoms with Crippen molar-refractivity contribution in [1.82, 2.24) is 14.5 Å². The SMILES string of the molecule is c1ccc(-c2nc(-n3c4cc5c6ccccc6c6ccccc6c5cc4c4ccc5c(sc6sc7ccccc7c65)c43)nc3ccccc23)cc1. The highest BCUT2D eigenvalue weighted by Gasteiger charge is 2.23. The first-order chi connectivity index (χ1) is 25.3. The van der Waals surface area contributed by atoms with Gasteiger partial charge in [-0.15, -0.1) is 22.7 Å². The Kier molecular flexibility index (Phi) is 5.53. The summed E-state index contributed by atoms with van der Waals surface area (Å²) >= 11 is 3.79. The van der Waals surface area contributed by atoms with E-state index in [0.29, 0.717) is 5.95 Å². The van der Waals surface area contributed by atoms with Gasteiger partial charge in [-0.2, -0.15) is 0 Å². The molecular formula is C46H25N3S2. The number of hydrogen-bond acceptors (Lipinski definition) is 4. The Morgan fingerprint density at radius 2 is 1.04 bits per heavy atom. The molecule has 0 fully saturated rings. The van der Waals surface area contributed by atoms with Crippen LogP contribution in [0.2, 0.25) is 0 Å². The molecule has 12 rings (SSSR count). The molecule has 0 saturated heterocycles. The van der Waals surface area contributed by atoms with Gasteiger partial charge in [-0.05, 0) is 56.6 Å². The lowest BCUT2D eigenvalue weighted by Gasteiger charge is -2.13. The molecule has 0 amide bonds. The van der Waals surface area contributed by atoms with Gasteiger partial charge in [0.2, 0.25) is 5.95 Å². The van der Waals surface area contributed by atoms with Crippen LogP contribution in [0.15, 0.2) is 152 Å². The van der Waals surface area contributed by atoms with Crippen LogP contribution in [-0.4, -0.2) is 14.5 Å². The summed E-state index contributed by atoms with van der Waals surface area (Å²) in [5, 5.41) is 15.0. The second-order valence-corrected chi connectivity index (χ2v) is 15.6. The number of nitrogens with zero attached hydrogens (tertiary/aromatic N) is 3. The van der Waals surface area contributed by atoms with Gasteiger partial charge >= 0.3 is 0 Å². The predicted octanol–water partition coefficient (Wildman–Crippen LogP) is 13.4. The van der Waals surface area contributed by atoms with Gasteiger partial charge in [-0.3, -0.25) is 4.57 Å². The molecule has 5 heteroatoms. The van der Waals surface area contributed by atoms with Crippen LogP contribution in [0.4, 0.5) is 0 Å². The molecule has 4 heterocycles. The first-order valence-electron chi connectivity index (χ1n) is 17.2. The second kappa shape index (κ2) is 10.2. The smallest absolute Gasteiger partial charge is 0.235 e. The summed E-state index contributed by atoms with van der Waals surface area (Å²) in [6.45, 7) is 0. The molecule has 0 radical (unpaired) electrons. The van der Waals surface area contributed by atoms with Crippen molar-refractivity contribution in [2.75, 3.05) is 0 Å². The molecule has 0 saturated carbocycles. The summed E-state index contributed by atoms with van der Waals surface area (Å²) in [4.78, 5) is 10.8. The van der Waals surface area contributed by atoms with Crippen molar-refractivity contribution in [3.05, 3.63) is 152 Å². The maximum atomic E-state index is 5.46. The normalized spacial score (nSPS) is 12.3. The van der Waals surface area contributed by atoms with Crippen molar-refractivity contribution in [1.29, 1.82) is 0 Å². The zero-order valence-corrected chi connectivity index (χ0v) is 28.7. The van der Waals surface area contributed by atoms with Crippen LogP contribution in [0, 0.1) is 0 Å². The summed E-state index contributed by atoms with van der Waals surface area (Å²) in [5.74, 6) is 0.686. The quantitative estimate of drug-likeness (QED) is 0.170. The Morgan fingerprint density at radius 3 is 1.80 bits per heavy atom. The van der Waals surface area contributed by atoms with Gasteiger partial charge in [0.1, 0.15) is 0 Å². The Morgan fingerprint density at radius 1 is 0.431 bits per heavy atom. The van der Waals surface area contributed by atoms with Gasteiger partial charge in [-0.1, -0.05) is 127 Å². The summed E-state index contributed by atoms with van der Waals surface area (Å²) in [6.07, 6.45) is 0. The first-order valence-corrected chi connectivity index (χ1v) is 18.8. The monoisotopic (exact) mass is 683 g/mol. The molecule has 0 spiro atoms. The first kappa shape index (κ1) is 27.7. The molecule has 0 N–H and O–H groups in total. The van der Waals surface area contributed by atoms with E-state index in [0.717, 1.165) is 33.2 Å². The molecule has 4 aromatic heterocycles. The van der Waals surface area contributed by atoms with E-state index in [2.05, 4.69) is 156 Å².